The van der Waals surface area contributed by atoms with Crippen molar-refractivity contribution in [3.8, 4) is 0 Å². The number of rotatable bonds is 6. The van der Waals surface area contributed by atoms with E-state index in [1.165, 1.54) is 25.7 Å². The molecule has 1 aliphatic carbocycles. The number of hydrogen-bond acceptors (Lipinski definition) is 2. The Kier molecular flexibility index (Phi) is 5.60. The van der Waals surface area contributed by atoms with Crippen LogP contribution >= 0.6 is 0 Å². The van der Waals surface area contributed by atoms with Crippen LogP contribution in [0.4, 0.5) is 0 Å². The molecular weight excluding hydrogens is 248 g/mol. The van der Waals surface area contributed by atoms with Gasteiger partial charge in [-0.2, -0.15) is 0 Å². The molecule has 1 saturated carbocycles. The molecule has 2 N–H and O–H groups in total. The molecule has 3 nitrogen and oxygen atoms in total. The second-order valence-electron chi connectivity index (χ2n) is 5.91. The van der Waals surface area contributed by atoms with Gasteiger partial charge in [-0.3, -0.25) is 4.79 Å². The summed E-state index contributed by atoms with van der Waals surface area (Å²) >= 11 is 0. The molecule has 20 heavy (non-hydrogen) atoms. The molecule has 0 heterocycles. The lowest BCUT2D eigenvalue weighted by atomic mass is 10.0. The lowest BCUT2D eigenvalue weighted by Crippen LogP contribution is -2.27. The van der Waals surface area contributed by atoms with Crippen LogP contribution in [0.15, 0.2) is 24.3 Å². The fourth-order valence-corrected chi connectivity index (χ4v) is 3.07. The Morgan fingerprint density at radius 3 is 2.55 bits per heavy atom. The number of carbonyl (C=O) groups is 1. The fraction of sp³-hybridized carbons (Fsp3) is 0.588. The van der Waals surface area contributed by atoms with E-state index >= 15 is 0 Å². The first-order chi connectivity index (χ1) is 9.70. The van der Waals surface area contributed by atoms with Crippen LogP contribution in [0.25, 0.3) is 0 Å². The van der Waals surface area contributed by atoms with E-state index in [0.717, 1.165) is 23.5 Å². The summed E-state index contributed by atoms with van der Waals surface area (Å²) in [6.45, 7) is 1.19. The van der Waals surface area contributed by atoms with E-state index in [1.807, 2.05) is 30.1 Å². The van der Waals surface area contributed by atoms with Crippen molar-refractivity contribution in [3.05, 3.63) is 35.4 Å². The minimum atomic E-state index is 0.253. The Bertz CT molecular complexity index is 438. The maximum atomic E-state index is 12.2. The van der Waals surface area contributed by atoms with Crippen LogP contribution in [0, 0.1) is 5.92 Å². The van der Waals surface area contributed by atoms with Crippen molar-refractivity contribution in [1.82, 2.24) is 4.90 Å². The fourth-order valence-electron chi connectivity index (χ4n) is 3.07. The minimum absolute atomic E-state index is 0.253. The van der Waals surface area contributed by atoms with Crippen molar-refractivity contribution >= 4 is 5.91 Å². The first-order valence-electron chi connectivity index (χ1n) is 7.71. The Labute approximate surface area is 122 Å². The van der Waals surface area contributed by atoms with Crippen LogP contribution in [-0.4, -0.2) is 17.9 Å². The lowest BCUT2D eigenvalue weighted by Gasteiger charge is -2.20. The second kappa shape index (κ2) is 7.44. The molecule has 1 amide bonds. The molecule has 1 aliphatic rings. The average Bonchev–Trinajstić information content (AvgIpc) is 2.98. The van der Waals surface area contributed by atoms with Gasteiger partial charge in [0.1, 0.15) is 0 Å². The van der Waals surface area contributed by atoms with E-state index in [9.17, 15) is 4.79 Å². The van der Waals surface area contributed by atoms with Crippen LogP contribution in [0.3, 0.4) is 0 Å². The van der Waals surface area contributed by atoms with Crippen LogP contribution in [0.2, 0.25) is 0 Å². The monoisotopic (exact) mass is 274 g/mol. The van der Waals surface area contributed by atoms with Crippen molar-refractivity contribution in [3.63, 3.8) is 0 Å². The molecular formula is C17H26N2O. The van der Waals surface area contributed by atoms with Crippen molar-refractivity contribution < 1.29 is 4.79 Å². The molecule has 0 bridgehead atoms. The van der Waals surface area contributed by atoms with E-state index in [-0.39, 0.29) is 5.91 Å². The van der Waals surface area contributed by atoms with Crippen molar-refractivity contribution in [2.45, 2.75) is 51.6 Å². The zero-order valence-corrected chi connectivity index (χ0v) is 12.5. The topological polar surface area (TPSA) is 46.3 Å². The summed E-state index contributed by atoms with van der Waals surface area (Å²) in [5.74, 6) is 1.03. The number of nitrogens with zero attached hydrogens (tertiary/aromatic N) is 1. The van der Waals surface area contributed by atoms with Gasteiger partial charge in [-0.05, 0) is 23.5 Å². The third-order valence-electron chi connectivity index (χ3n) is 4.41. The summed E-state index contributed by atoms with van der Waals surface area (Å²) < 4.78 is 0. The van der Waals surface area contributed by atoms with Crippen molar-refractivity contribution in [1.29, 1.82) is 0 Å². The number of carbonyl (C=O) groups excluding carboxylic acids is 1. The highest BCUT2D eigenvalue weighted by Crippen LogP contribution is 2.28. The predicted octanol–water partition coefficient (Wildman–Crippen LogP) is 3.07. The van der Waals surface area contributed by atoms with Gasteiger partial charge in [-0.1, -0.05) is 49.9 Å². The Morgan fingerprint density at radius 2 is 1.90 bits per heavy atom. The summed E-state index contributed by atoms with van der Waals surface area (Å²) in [6, 6.07) is 8.09. The SMILES string of the molecule is CN(Cc1ccccc1CN)C(=O)CCC1CCCC1. The van der Waals surface area contributed by atoms with Gasteiger partial charge in [0.05, 0.1) is 0 Å². The van der Waals surface area contributed by atoms with E-state index < -0.39 is 0 Å². The van der Waals surface area contributed by atoms with Gasteiger partial charge in [0, 0.05) is 26.6 Å². The maximum Gasteiger partial charge on any atom is 0.222 e. The Balaban J connectivity index is 1.83. The molecule has 110 valence electrons. The van der Waals surface area contributed by atoms with Gasteiger partial charge >= 0.3 is 0 Å². The molecule has 1 fully saturated rings. The normalized spacial score (nSPS) is 15.5. The minimum Gasteiger partial charge on any atom is -0.341 e. The standard InChI is InChI=1S/C17H26N2O/c1-19(13-16-9-5-4-8-15(16)12-18)17(20)11-10-14-6-2-3-7-14/h4-5,8-9,14H,2-3,6-7,10-13,18H2,1H3. The molecule has 2 rings (SSSR count). The van der Waals surface area contributed by atoms with Gasteiger partial charge in [0.2, 0.25) is 5.91 Å². The molecule has 1 aromatic carbocycles. The van der Waals surface area contributed by atoms with Crippen LogP contribution in [0.5, 0.6) is 0 Å². The number of benzene rings is 1. The highest BCUT2D eigenvalue weighted by molar-refractivity contribution is 5.75. The smallest absolute Gasteiger partial charge is 0.222 e. The summed E-state index contributed by atoms with van der Waals surface area (Å²) in [5, 5.41) is 0. The van der Waals surface area contributed by atoms with Crippen LogP contribution in [0.1, 0.15) is 49.7 Å². The highest BCUT2D eigenvalue weighted by Gasteiger charge is 2.18. The van der Waals surface area contributed by atoms with Crippen LogP contribution in [-0.2, 0) is 17.9 Å². The predicted molar refractivity (Wildman–Crippen MR) is 82.0 cm³/mol. The second-order valence-corrected chi connectivity index (χ2v) is 5.91. The van der Waals surface area contributed by atoms with E-state index in [4.69, 9.17) is 5.73 Å². The molecule has 0 aromatic heterocycles. The van der Waals surface area contributed by atoms with E-state index in [1.54, 1.807) is 0 Å². The molecule has 0 radical (unpaired) electrons. The molecule has 0 spiro atoms. The number of hydrogen-bond donors (Lipinski definition) is 1. The van der Waals surface area contributed by atoms with Crippen LogP contribution < -0.4 is 5.73 Å². The summed E-state index contributed by atoms with van der Waals surface area (Å²) in [6.07, 6.45) is 7.06. The number of nitrogens with two attached hydrogens (primary N) is 1. The van der Waals surface area contributed by atoms with Gasteiger partial charge in [0.25, 0.3) is 0 Å². The average molecular weight is 274 g/mol. The van der Waals surface area contributed by atoms with Crippen molar-refractivity contribution in [2.75, 3.05) is 7.05 Å². The molecule has 0 atom stereocenters. The summed E-state index contributed by atoms with van der Waals surface area (Å²) in [4.78, 5) is 14.0. The third kappa shape index (κ3) is 4.07. The highest BCUT2D eigenvalue weighted by atomic mass is 16.2. The van der Waals surface area contributed by atoms with E-state index in [0.29, 0.717) is 19.5 Å². The quantitative estimate of drug-likeness (QED) is 0.866. The Morgan fingerprint density at radius 1 is 1.25 bits per heavy atom. The summed E-state index contributed by atoms with van der Waals surface area (Å²) in [7, 11) is 1.89. The van der Waals surface area contributed by atoms with Gasteiger partial charge < -0.3 is 10.6 Å². The number of amides is 1. The van der Waals surface area contributed by atoms with Gasteiger partial charge in [-0.15, -0.1) is 0 Å². The zero-order chi connectivity index (χ0) is 14.4. The molecule has 1 aromatic rings. The first-order valence-corrected chi connectivity index (χ1v) is 7.71. The molecule has 3 heteroatoms. The zero-order valence-electron chi connectivity index (χ0n) is 12.5. The maximum absolute atomic E-state index is 12.2. The Hall–Kier alpha value is -1.35. The van der Waals surface area contributed by atoms with Gasteiger partial charge in [0.15, 0.2) is 0 Å². The molecule has 0 saturated heterocycles. The summed E-state index contributed by atoms with van der Waals surface area (Å²) in [5.41, 5.74) is 8.03. The van der Waals surface area contributed by atoms with E-state index in [2.05, 4.69) is 6.07 Å². The molecule has 0 aliphatic heterocycles. The first kappa shape index (κ1) is 15.0. The lowest BCUT2D eigenvalue weighted by molar-refractivity contribution is -0.130. The van der Waals surface area contributed by atoms with Gasteiger partial charge in [-0.25, -0.2) is 0 Å². The van der Waals surface area contributed by atoms with Crippen molar-refractivity contribution in [2.24, 2.45) is 11.7 Å². The molecule has 0 unspecified atom stereocenters. The third-order valence-corrected chi connectivity index (χ3v) is 4.41. The largest absolute Gasteiger partial charge is 0.341 e.